The number of pyridine rings is 2. The molecule has 3 N–H and O–H groups in total. The molecule has 7 nitrogen and oxygen atoms in total. The fourth-order valence-corrected chi connectivity index (χ4v) is 4.00. The molecule has 1 aliphatic rings. The molecule has 1 unspecified atom stereocenters. The Morgan fingerprint density at radius 1 is 1.20 bits per heavy atom. The van der Waals surface area contributed by atoms with E-state index in [2.05, 4.69) is 32.6 Å². The Morgan fingerprint density at radius 2 is 2.13 bits per heavy atom. The van der Waals surface area contributed by atoms with Gasteiger partial charge in [0.1, 0.15) is 5.82 Å². The lowest BCUT2D eigenvalue weighted by Crippen LogP contribution is -2.14. The molecule has 3 aromatic rings. The van der Waals surface area contributed by atoms with Crippen molar-refractivity contribution >= 4 is 11.8 Å². The normalized spacial score (nSPS) is 14.0. The van der Waals surface area contributed by atoms with Crippen molar-refractivity contribution in [1.82, 2.24) is 20.2 Å². The van der Waals surface area contributed by atoms with Crippen LogP contribution < -0.4 is 5.32 Å². The average Bonchev–Trinajstić information content (AvgIpc) is 3.21. The molecule has 0 aliphatic carbocycles. The number of carboxylic acid groups (broad SMARTS) is 1. The first kappa shape index (κ1) is 20.1. The highest BCUT2D eigenvalue weighted by Crippen LogP contribution is 2.24. The fourth-order valence-electron chi connectivity index (χ4n) is 4.00. The van der Waals surface area contributed by atoms with Crippen LogP contribution in [0.2, 0.25) is 0 Å². The van der Waals surface area contributed by atoms with Crippen LogP contribution in [0.1, 0.15) is 53.4 Å². The third kappa shape index (κ3) is 5.23. The van der Waals surface area contributed by atoms with E-state index in [-0.39, 0.29) is 12.3 Å². The Kier molecular flexibility index (Phi) is 6.37. The van der Waals surface area contributed by atoms with Gasteiger partial charge in [-0.2, -0.15) is 5.10 Å². The van der Waals surface area contributed by atoms with Gasteiger partial charge in [0.25, 0.3) is 0 Å². The summed E-state index contributed by atoms with van der Waals surface area (Å²) in [6, 6.07) is 10.1. The third-order valence-corrected chi connectivity index (χ3v) is 5.55. The number of aromatic nitrogens is 4. The minimum atomic E-state index is -0.813. The largest absolute Gasteiger partial charge is 0.481 e. The van der Waals surface area contributed by atoms with Crippen molar-refractivity contribution in [2.45, 2.75) is 50.9 Å². The van der Waals surface area contributed by atoms with E-state index in [1.54, 1.807) is 12.4 Å². The predicted molar refractivity (Wildman–Crippen MR) is 115 cm³/mol. The summed E-state index contributed by atoms with van der Waals surface area (Å²) in [5.41, 5.74) is 5.31. The second-order valence-electron chi connectivity index (χ2n) is 7.86. The van der Waals surface area contributed by atoms with Gasteiger partial charge in [0.2, 0.25) is 0 Å². The van der Waals surface area contributed by atoms with Gasteiger partial charge >= 0.3 is 5.97 Å². The molecule has 0 saturated heterocycles. The van der Waals surface area contributed by atoms with Crippen molar-refractivity contribution in [3.8, 4) is 0 Å². The van der Waals surface area contributed by atoms with Crippen LogP contribution in [0, 0.1) is 0 Å². The van der Waals surface area contributed by atoms with E-state index in [9.17, 15) is 9.90 Å². The monoisotopic (exact) mass is 405 g/mol. The third-order valence-electron chi connectivity index (χ3n) is 5.55. The van der Waals surface area contributed by atoms with Crippen molar-refractivity contribution in [1.29, 1.82) is 0 Å². The van der Waals surface area contributed by atoms with Crippen molar-refractivity contribution in [2.24, 2.45) is 0 Å². The van der Waals surface area contributed by atoms with Gasteiger partial charge in [-0.05, 0) is 67.9 Å². The van der Waals surface area contributed by atoms with Gasteiger partial charge < -0.3 is 10.4 Å². The predicted octanol–water partition coefficient (Wildman–Crippen LogP) is 3.53. The number of carboxylic acids is 1. The summed E-state index contributed by atoms with van der Waals surface area (Å²) in [5.74, 6) is 0.0913. The van der Waals surface area contributed by atoms with Gasteiger partial charge in [-0.25, -0.2) is 4.98 Å². The molecule has 156 valence electrons. The van der Waals surface area contributed by atoms with Gasteiger partial charge in [-0.1, -0.05) is 12.1 Å². The van der Waals surface area contributed by atoms with Crippen molar-refractivity contribution in [3.63, 3.8) is 0 Å². The first-order chi connectivity index (χ1) is 14.7. The number of nitrogens with zero attached hydrogens (tertiary/aromatic N) is 3. The standard InChI is InChI=1S/C23H27N5O2/c29-22(30)13-18(17-5-2-10-24-15-17)12-21-14-20(27-28-21)7-1-6-19-9-8-16-4-3-11-25-23(16)26-19/h2,5,8-10,14-15,18H,1,3-4,6-7,11-13H2,(H,25,26)(H,27,28)(H,29,30). The van der Waals surface area contributed by atoms with Gasteiger partial charge in [0, 0.05) is 36.2 Å². The molecule has 1 aliphatic heterocycles. The summed E-state index contributed by atoms with van der Waals surface area (Å²) in [5, 5.41) is 20.2. The topological polar surface area (TPSA) is 104 Å². The van der Waals surface area contributed by atoms with E-state index in [4.69, 9.17) is 4.98 Å². The Labute approximate surface area is 176 Å². The first-order valence-electron chi connectivity index (χ1n) is 10.5. The van der Waals surface area contributed by atoms with Crippen LogP contribution in [0.25, 0.3) is 0 Å². The number of fused-ring (bicyclic) bond motifs is 1. The Bertz CT molecular complexity index is 986. The lowest BCUT2D eigenvalue weighted by Gasteiger charge is -2.17. The fraction of sp³-hybridized carbons (Fsp3) is 0.391. The number of carbonyl (C=O) groups is 1. The second kappa shape index (κ2) is 9.52. The van der Waals surface area contributed by atoms with Crippen LogP contribution in [-0.4, -0.2) is 37.8 Å². The highest BCUT2D eigenvalue weighted by Gasteiger charge is 2.18. The van der Waals surface area contributed by atoms with Crippen LogP contribution in [0.15, 0.2) is 42.7 Å². The molecule has 0 fully saturated rings. The van der Waals surface area contributed by atoms with E-state index in [0.717, 1.165) is 60.7 Å². The lowest BCUT2D eigenvalue weighted by atomic mass is 9.92. The molecular formula is C23H27N5O2. The second-order valence-corrected chi connectivity index (χ2v) is 7.86. The number of anilines is 1. The van der Waals surface area contributed by atoms with Crippen LogP contribution in [-0.2, 0) is 30.5 Å². The molecule has 7 heteroatoms. The van der Waals surface area contributed by atoms with Crippen molar-refractivity contribution in [3.05, 3.63) is 70.9 Å². The number of hydrogen-bond donors (Lipinski definition) is 3. The van der Waals surface area contributed by atoms with Gasteiger partial charge in [-0.3, -0.25) is 14.9 Å². The van der Waals surface area contributed by atoms with Crippen LogP contribution >= 0.6 is 0 Å². The molecule has 0 bridgehead atoms. The molecule has 1 atom stereocenters. The summed E-state index contributed by atoms with van der Waals surface area (Å²) in [7, 11) is 0. The van der Waals surface area contributed by atoms with E-state index in [1.165, 1.54) is 12.0 Å². The zero-order valence-electron chi connectivity index (χ0n) is 17.0. The molecule has 0 amide bonds. The Balaban J connectivity index is 1.33. The zero-order valence-corrected chi connectivity index (χ0v) is 17.0. The maximum Gasteiger partial charge on any atom is 0.303 e. The number of aliphatic carboxylic acids is 1. The Morgan fingerprint density at radius 3 is 2.97 bits per heavy atom. The highest BCUT2D eigenvalue weighted by atomic mass is 16.4. The SMILES string of the molecule is O=C(O)CC(Cc1cc(CCCc2ccc3c(n2)NCCC3)[nH]n1)c1cccnc1. The maximum atomic E-state index is 11.3. The smallest absolute Gasteiger partial charge is 0.303 e. The summed E-state index contributed by atoms with van der Waals surface area (Å²) < 4.78 is 0. The molecule has 3 aromatic heterocycles. The van der Waals surface area contributed by atoms with Gasteiger partial charge in [0.15, 0.2) is 0 Å². The van der Waals surface area contributed by atoms with E-state index >= 15 is 0 Å². The quantitative estimate of drug-likeness (QED) is 0.503. The average molecular weight is 406 g/mol. The highest BCUT2D eigenvalue weighted by molar-refractivity contribution is 5.68. The zero-order chi connectivity index (χ0) is 20.8. The summed E-state index contributed by atoms with van der Waals surface area (Å²) >= 11 is 0. The number of H-pyrrole nitrogens is 1. The molecule has 0 saturated carbocycles. The molecule has 0 spiro atoms. The number of nitrogens with one attached hydrogen (secondary N) is 2. The lowest BCUT2D eigenvalue weighted by molar-refractivity contribution is -0.137. The van der Waals surface area contributed by atoms with E-state index in [0.29, 0.717) is 6.42 Å². The molecule has 30 heavy (non-hydrogen) atoms. The van der Waals surface area contributed by atoms with E-state index < -0.39 is 5.97 Å². The molecule has 0 aromatic carbocycles. The van der Waals surface area contributed by atoms with Crippen molar-refractivity contribution in [2.75, 3.05) is 11.9 Å². The van der Waals surface area contributed by atoms with Crippen LogP contribution in [0.3, 0.4) is 0 Å². The summed E-state index contributed by atoms with van der Waals surface area (Å²) in [4.78, 5) is 20.2. The minimum absolute atomic E-state index is 0.0614. The summed E-state index contributed by atoms with van der Waals surface area (Å²) in [6.45, 7) is 1.00. The van der Waals surface area contributed by atoms with Gasteiger partial charge in [0.05, 0.1) is 12.1 Å². The maximum absolute atomic E-state index is 11.3. The number of rotatable bonds is 9. The molecular weight excluding hydrogens is 378 g/mol. The van der Waals surface area contributed by atoms with Crippen LogP contribution in [0.5, 0.6) is 0 Å². The van der Waals surface area contributed by atoms with Crippen LogP contribution in [0.4, 0.5) is 5.82 Å². The number of aromatic amines is 1. The molecule has 4 heterocycles. The minimum Gasteiger partial charge on any atom is -0.481 e. The number of aryl methyl sites for hydroxylation is 3. The molecule has 0 radical (unpaired) electrons. The van der Waals surface area contributed by atoms with Gasteiger partial charge in [-0.15, -0.1) is 0 Å². The summed E-state index contributed by atoms with van der Waals surface area (Å²) in [6.07, 6.45) is 9.13. The molecule has 4 rings (SSSR count). The first-order valence-corrected chi connectivity index (χ1v) is 10.5. The number of hydrogen-bond acceptors (Lipinski definition) is 5. The van der Waals surface area contributed by atoms with E-state index in [1.807, 2.05) is 18.2 Å². The Hall–Kier alpha value is -3.22. The van der Waals surface area contributed by atoms with Crippen molar-refractivity contribution < 1.29 is 9.90 Å².